The molecule has 0 N–H and O–H groups in total. The molecule has 0 saturated carbocycles. The van der Waals surface area contributed by atoms with Crippen LogP contribution in [-0.4, -0.2) is 14.0 Å². The second-order valence-corrected chi connectivity index (χ2v) is 6.21. The Morgan fingerprint density at radius 2 is 2.22 bits per heavy atom. The average molecular weight is 182 g/mol. The molecule has 0 fully saturated rings. The molecule has 52 valence electrons. The van der Waals surface area contributed by atoms with E-state index in [0.717, 1.165) is 12.5 Å². The molecule has 0 bridgehead atoms. The lowest BCUT2D eigenvalue weighted by Crippen LogP contribution is -1.99. The second kappa shape index (κ2) is 6.41. The van der Waals surface area contributed by atoms with Gasteiger partial charge in [-0.05, 0) is 6.42 Å². The molecule has 0 aliphatic heterocycles. The average Bonchev–Trinajstić information content (AvgIpc) is 1.80. The summed E-state index contributed by atoms with van der Waals surface area (Å²) in [6.45, 7) is 0. The van der Waals surface area contributed by atoms with Gasteiger partial charge < -0.3 is 0 Å². The molecular formula is C5H9Cl2NSi. The number of alkyl halides is 2. The van der Waals surface area contributed by atoms with E-state index in [4.69, 9.17) is 28.5 Å². The number of nitrogens with zero attached hydrogens (tertiary/aromatic N) is 1. The van der Waals surface area contributed by atoms with Gasteiger partial charge in [-0.3, -0.25) is 0 Å². The van der Waals surface area contributed by atoms with E-state index in [9.17, 15) is 0 Å². The molecule has 0 rings (SSSR count). The number of halogens is 2. The van der Waals surface area contributed by atoms with Gasteiger partial charge in [0.2, 0.25) is 0 Å². The van der Waals surface area contributed by atoms with E-state index in [1.54, 1.807) is 0 Å². The summed E-state index contributed by atoms with van der Waals surface area (Å²) in [4.78, 5) is 0. The van der Waals surface area contributed by atoms with E-state index in [-0.39, 0.29) is 14.0 Å². The van der Waals surface area contributed by atoms with Crippen LogP contribution < -0.4 is 0 Å². The number of unbranched alkanes of at least 4 members (excludes halogenated alkanes) is 1. The van der Waals surface area contributed by atoms with Crippen LogP contribution in [0.3, 0.4) is 0 Å². The molecule has 0 saturated heterocycles. The van der Waals surface area contributed by atoms with E-state index in [1.165, 1.54) is 0 Å². The fraction of sp³-hybridized carbons (Fsp3) is 0.800. The Bertz CT molecular complexity index is 99.6. The number of rotatable bonds is 4. The third-order valence-electron chi connectivity index (χ3n) is 0.961. The van der Waals surface area contributed by atoms with E-state index < -0.39 is 0 Å². The standard InChI is InChI=1S/C5H9Cl2NSi/c6-5(7)9-4-2-1-3-8/h5H,1-2,4,9H2. The van der Waals surface area contributed by atoms with Gasteiger partial charge in [0.1, 0.15) is 0 Å². The van der Waals surface area contributed by atoms with Crippen LogP contribution in [0.25, 0.3) is 0 Å². The smallest absolute Gasteiger partial charge is 0.0908 e. The van der Waals surface area contributed by atoms with Gasteiger partial charge in [0.15, 0.2) is 0 Å². The maximum Gasteiger partial charge on any atom is 0.0908 e. The molecule has 0 aliphatic carbocycles. The molecule has 0 aliphatic rings. The minimum atomic E-state index is -0.294. The first kappa shape index (κ1) is 9.29. The highest BCUT2D eigenvalue weighted by atomic mass is 35.5. The quantitative estimate of drug-likeness (QED) is 0.368. The molecule has 1 nitrogen and oxygen atoms in total. The topological polar surface area (TPSA) is 23.8 Å². The Kier molecular flexibility index (Phi) is 6.61. The lowest BCUT2D eigenvalue weighted by molar-refractivity contribution is 0.959. The van der Waals surface area contributed by atoms with Crippen LogP contribution in [0.2, 0.25) is 6.04 Å². The molecule has 0 unspecified atom stereocenters. The van der Waals surface area contributed by atoms with Crippen LogP contribution in [-0.2, 0) is 0 Å². The molecule has 0 radical (unpaired) electrons. The van der Waals surface area contributed by atoms with Crippen LogP contribution in [0.15, 0.2) is 0 Å². The first-order valence-corrected chi connectivity index (χ1v) is 5.61. The van der Waals surface area contributed by atoms with Crippen molar-refractivity contribution in [3.05, 3.63) is 0 Å². The Hall–Kier alpha value is 0.287. The maximum atomic E-state index is 8.13. The molecule has 0 aromatic rings. The molecule has 0 atom stereocenters. The van der Waals surface area contributed by atoms with Crippen LogP contribution >= 0.6 is 23.2 Å². The molecule has 4 heteroatoms. The van der Waals surface area contributed by atoms with Gasteiger partial charge in [-0.1, -0.05) is 6.04 Å². The highest BCUT2D eigenvalue weighted by Gasteiger charge is 1.97. The van der Waals surface area contributed by atoms with E-state index in [0.29, 0.717) is 6.42 Å². The van der Waals surface area contributed by atoms with E-state index >= 15 is 0 Å². The minimum Gasteiger partial charge on any atom is -0.198 e. The molecular weight excluding hydrogens is 173 g/mol. The second-order valence-electron chi connectivity index (χ2n) is 1.79. The summed E-state index contributed by atoms with van der Waals surface area (Å²) in [6, 6.07) is 3.17. The SMILES string of the molecule is N#CCCC[SiH2]C(Cl)Cl. The zero-order valence-electron chi connectivity index (χ0n) is 5.11. The highest BCUT2D eigenvalue weighted by Crippen LogP contribution is 2.03. The van der Waals surface area contributed by atoms with Crippen LogP contribution in [0, 0.1) is 11.3 Å². The van der Waals surface area contributed by atoms with Gasteiger partial charge in [0, 0.05) is 6.42 Å². The molecule has 0 spiro atoms. The van der Waals surface area contributed by atoms with Gasteiger partial charge in [0.25, 0.3) is 0 Å². The fourth-order valence-electron chi connectivity index (χ4n) is 0.503. The van der Waals surface area contributed by atoms with Crippen molar-refractivity contribution in [1.29, 1.82) is 5.26 Å². The van der Waals surface area contributed by atoms with Crippen molar-refractivity contribution >= 4 is 32.7 Å². The first-order valence-electron chi connectivity index (χ1n) is 2.92. The van der Waals surface area contributed by atoms with Crippen molar-refractivity contribution in [3.8, 4) is 6.07 Å². The minimum absolute atomic E-state index is 0.122. The molecule has 9 heavy (non-hydrogen) atoms. The van der Waals surface area contributed by atoms with Crippen molar-refractivity contribution < 1.29 is 0 Å². The van der Waals surface area contributed by atoms with Gasteiger partial charge >= 0.3 is 0 Å². The predicted molar refractivity (Wildman–Crippen MR) is 43.7 cm³/mol. The Balaban J connectivity index is 2.85. The molecule has 0 aromatic heterocycles. The lowest BCUT2D eigenvalue weighted by atomic mass is 10.4. The molecule has 0 aromatic carbocycles. The van der Waals surface area contributed by atoms with Crippen molar-refractivity contribution in [2.75, 3.05) is 0 Å². The number of hydrogen-bond acceptors (Lipinski definition) is 1. The zero-order chi connectivity index (χ0) is 7.11. The third kappa shape index (κ3) is 8.29. The zero-order valence-corrected chi connectivity index (χ0v) is 8.03. The lowest BCUT2D eigenvalue weighted by Gasteiger charge is -1.94. The van der Waals surface area contributed by atoms with Crippen LogP contribution in [0.1, 0.15) is 12.8 Å². The molecule has 0 amide bonds. The molecule has 0 heterocycles. The summed E-state index contributed by atoms with van der Waals surface area (Å²) >= 11 is 11.0. The summed E-state index contributed by atoms with van der Waals surface area (Å²) in [5.74, 6) is 0. The van der Waals surface area contributed by atoms with Crippen molar-refractivity contribution in [1.82, 2.24) is 0 Å². The number of hydrogen-bond donors (Lipinski definition) is 0. The summed E-state index contributed by atoms with van der Waals surface area (Å²) in [7, 11) is -0.294. The Morgan fingerprint density at radius 3 is 2.67 bits per heavy atom. The maximum absolute atomic E-state index is 8.13. The van der Waals surface area contributed by atoms with E-state index in [1.807, 2.05) is 0 Å². The van der Waals surface area contributed by atoms with Crippen molar-refractivity contribution in [2.45, 2.75) is 23.3 Å². The van der Waals surface area contributed by atoms with Crippen molar-refractivity contribution in [2.24, 2.45) is 0 Å². The highest BCUT2D eigenvalue weighted by molar-refractivity contribution is 6.68. The summed E-state index contributed by atoms with van der Waals surface area (Å²) < 4.78 is -0.122. The summed E-state index contributed by atoms with van der Waals surface area (Å²) in [6.07, 6.45) is 1.62. The van der Waals surface area contributed by atoms with Gasteiger partial charge in [-0.2, -0.15) is 5.26 Å². The first-order chi connectivity index (χ1) is 4.27. The normalized spacial score (nSPS) is 10.9. The summed E-state index contributed by atoms with van der Waals surface area (Å²) in [5, 5.41) is 8.13. The monoisotopic (exact) mass is 181 g/mol. The third-order valence-corrected chi connectivity index (χ3v) is 3.61. The Morgan fingerprint density at radius 1 is 1.56 bits per heavy atom. The van der Waals surface area contributed by atoms with Gasteiger partial charge in [-0.15, -0.1) is 23.2 Å². The Labute approximate surface area is 67.8 Å². The predicted octanol–water partition coefficient (Wildman–Crippen LogP) is 1.64. The van der Waals surface area contributed by atoms with E-state index in [2.05, 4.69) is 6.07 Å². The summed E-state index contributed by atoms with van der Waals surface area (Å²) in [5.41, 5.74) is 0. The van der Waals surface area contributed by atoms with Crippen LogP contribution in [0.4, 0.5) is 0 Å². The van der Waals surface area contributed by atoms with Gasteiger partial charge in [-0.25, -0.2) is 0 Å². The fourth-order valence-corrected chi connectivity index (χ4v) is 2.28. The van der Waals surface area contributed by atoms with Gasteiger partial charge in [0.05, 0.1) is 20.0 Å². The van der Waals surface area contributed by atoms with Crippen LogP contribution in [0.5, 0.6) is 0 Å². The van der Waals surface area contributed by atoms with Crippen molar-refractivity contribution in [3.63, 3.8) is 0 Å². The number of nitriles is 1. The largest absolute Gasteiger partial charge is 0.198 e.